The number of nitrogens with zero attached hydrogens (tertiary/aromatic N) is 3. The summed E-state index contributed by atoms with van der Waals surface area (Å²) in [6, 6.07) is 6.37. The van der Waals surface area contributed by atoms with Crippen LogP contribution in [0.4, 0.5) is 12.8 Å². The Morgan fingerprint density at radius 1 is 1.08 bits per heavy atom. The summed E-state index contributed by atoms with van der Waals surface area (Å²) in [6.45, 7) is 14.2. The molecule has 0 saturated carbocycles. The van der Waals surface area contributed by atoms with Crippen molar-refractivity contribution in [3.63, 3.8) is 0 Å². The van der Waals surface area contributed by atoms with E-state index < -0.39 is 7.22 Å². The molecule has 36 heavy (non-hydrogen) atoms. The van der Waals surface area contributed by atoms with Crippen LogP contribution in [0.1, 0.15) is 38.2 Å². The molecule has 3 heterocycles. The Morgan fingerprint density at radius 3 is 2.47 bits per heavy atom. The predicted molar refractivity (Wildman–Crippen MR) is 144 cm³/mol. The molecule has 192 valence electrons. The minimum atomic E-state index is -5.27. The zero-order valence-corrected chi connectivity index (χ0v) is 21.9. The van der Waals surface area contributed by atoms with Gasteiger partial charge in [0, 0.05) is 0 Å². The zero-order chi connectivity index (χ0) is 25.7. The van der Waals surface area contributed by atoms with Crippen molar-refractivity contribution in [2.45, 2.75) is 32.6 Å². The Bertz CT molecular complexity index is 1230. The number of amidine groups is 1. The molecule has 1 N–H and O–H groups in total. The molecule has 0 aromatic heterocycles. The van der Waals surface area contributed by atoms with Crippen molar-refractivity contribution in [1.82, 2.24) is 15.1 Å². The summed E-state index contributed by atoms with van der Waals surface area (Å²) in [5.74, 6) is 0.301. The Morgan fingerprint density at radius 2 is 1.78 bits per heavy atom. The second-order valence-corrected chi connectivity index (χ2v) is 13.9. The van der Waals surface area contributed by atoms with E-state index in [1.165, 1.54) is 18.6 Å². The first-order valence-electron chi connectivity index (χ1n) is 12.6. The van der Waals surface area contributed by atoms with Gasteiger partial charge in [0.2, 0.25) is 0 Å². The van der Waals surface area contributed by atoms with Crippen LogP contribution >= 0.6 is 7.22 Å². The number of aliphatic imine (C=N–C) groups is 1. The summed E-state index contributed by atoms with van der Waals surface area (Å²) in [4.78, 5) is 9.28. The number of likely N-dealkylation sites (tertiary alicyclic amines) is 1. The van der Waals surface area contributed by atoms with Crippen LogP contribution in [0.2, 0.25) is 0 Å². The van der Waals surface area contributed by atoms with Crippen LogP contribution in [0.15, 0.2) is 82.4 Å². The summed E-state index contributed by atoms with van der Waals surface area (Å²) in [7, 11) is -5.27. The first-order valence-corrected chi connectivity index (χ1v) is 15.1. The molecule has 5 rings (SSSR count). The molecule has 1 atom stereocenters. The molecule has 3 aliphatic heterocycles. The third-order valence-electron chi connectivity index (χ3n) is 7.77. The minimum absolute atomic E-state index is 0.0826. The third-order valence-corrected chi connectivity index (χ3v) is 10.6. The Labute approximate surface area is 211 Å². The van der Waals surface area contributed by atoms with E-state index in [0.717, 1.165) is 61.0 Å². The fourth-order valence-corrected chi connectivity index (χ4v) is 7.53. The van der Waals surface area contributed by atoms with E-state index in [2.05, 4.69) is 28.3 Å². The standard InChI is InChI=1S/C28H34F3N4P/c1-19(22-8-11-24(29)12-9-22)27(23-10-13-25-26(18-23)36(4,30,31)21(3)33-25)35-17-14-32-28(20(35)2)34-15-6-5-7-16-34/h8-9,11-13,18,23,33H,2-3,5-7,10,14-17H2,1,4H3/b27-19+. The fraction of sp³-hybridized carbons (Fsp3) is 0.393. The average Bonchev–Trinajstić information content (AvgIpc) is 3.05. The van der Waals surface area contributed by atoms with E-state index in [9.17, 15) is 4.39 Å². The van der Waals surface area contributed by atoms with Gasteiger partial charge in [0.05, 0.1) is 0 Å². The molecule has 0 radical (unpaired) electrons. The van der Waals surface area contributed by atoms with Crippen LogP contribution in [-0.2, 0) is 0 Å². The van der Waals surface area contributed by atoms with E-state index in [4.69, 9.17) is 4.99 Å². The Balaban J connectivity index is 1.59. The molecule has 0 bridgehead atoms. The molecule has 1 aromatic carbocycles. The number of hydrogen-bond donors (Lipinski definition) is 1. The first kappa shape index (κ1) is 24.9. The molecular weight excluding hydrogens is 480 g/mol. The van der Waals surface area contributed by atoms with Gasteiger partial charge in [-0.1, -0.05) is 0 Å². The van der Waals surface area contributed by atoms with Crippen molar-refractivity contribution in [3.05, 3.63) is 88.8 Å². The number of piperidine rings is 1. The number of rotatable bonds is 3. The molecule has 0 amide bonds. The van der Waals surface area contributed by atoms with Crippen LogP contribution in [0.3, 0.4) is 0 Å². The SMILES string of the molecule is C=C1C(N2CCCCC2)=NCCN1/C(=C(\C)c1ccc(F)cc1)C1C=C2C(=CC1)NC(=C)P2(C)(F)F. The molecule has 2 saturated heterocycles. The van der Waals surface area contributed by atoms with Crippen LogP contribution in [0, 0.1) is 11.7 Å². The predicted octanol–water partition coefficient (Wildman–Crippen LogP) is 7.08. The van der Waals surface area contributed by atoms with E-state index in [0.29, 0.717) is 25.2 Å². The van der Waals surface area contributed by atoms with Gasteiger partial charge in [-0.25, -0.2) is 0 Å². The van der Waals surface area contributed by atoms with Gasteiger partial charge < -0.3 is 0 Å². The van der Waals surface area contributed by atoms with Gasteiger partial charge in [-0.05, 0) is 0 Å². The average molecular weight is 515 g/mol. The van der Waals surface area contributed by atoms with Crippen molar-refractivity contribution >= 4 is 18.6 Å². The molecule has 1 aliphatic carbocycles. The van der Waals surface area contributed by atoms with Gasteiger partial charge in [-0.15, -0.1) is 0 Å². The fourth-order valence-electron chi connectivity index (χ4n) is 5.66. The summed E-state index contributed by atoms with van der Waals surface area (Å²) in [6.07, 6.45) is 7.64. The van der Waals surface area contributed by atoms with Gasteiger partial charge in [0.1, 0.15) is 0 Å². The van der Waals surface area contributed by atoms with Gasteiger partial charge in [-0.3, -0.25) is 0 Å². The topological polar surface area (TPSA) is 30.9 Å². The van der Waals surface area contributed by atoms with Gasteiger partial charge in [0.25, 0.3) is 0 Å². The van der Waals surface area contributed by atoms with E-state index in [1.807, 2.05) is 13.0 Å². The maximum atomic E-state index is 15.7. The Hall–Kier alpha value is -2.79. The number of benzene rings is 1. The molecular formula is C28H34F3N4P. The molecule has 0 spiro atoms. The van der Waals surface area contributed by atoms with Crippen molar-refractivity contribution in [2.75, 3.05) is 32.8 Å². The molecule has 2 fully saturated rings. The normalized spacial score (nSPS) is 27.1. The molecule has 1 aromatic rings. The van der Waals surface area contributed by atoms with Crippen LogP contribution < -0.4 is 5.32 Å². The van der Waals surface area contributed by atoms with Gasteiger partial charge in [0.15, 0.2) is 0 Å². The molecule has 4 nitrogen and oxygen atoms in total. The summed E-state index contributed by atoms with van der Waals surface area (Å²) in [5, 5.41) is 2.93. The van der Waals surface area contributed by atoms with Crippen LogP contribution in [0.5, 0.6) is 0 Å². The van der Waals surface area contributed by atoms with E-state index in [1.54, 1.807) is 18.2 Å². The molecule has 1 unspecified atom stereocenters. The van der Waals surface area contributed by atoms with Crippen LogP contribution in [0.25, 0.3) is 5.57 Å². The van der Waals surface area contributed by atoms with Gasteiger partial charge >= 0.3 is 212 Å². The summed E-state index contributed by atoms with van der Waals surface area (Å²) >= 11 is 0. The van der Waals surface area contributed by atoms with Crippen molar-refractivity contribution in [2.24, 2.45) is 10.9 Å². The zero-order valence-electron chi connectivity index (χ0n) is 21.0. The van der Waals surface area contributed by atoms with Crippen molar-refractivity contribution in [1.29, 1.82) is 0 Å². The molecule has 8 heteroatoms. The maximum absolute atomic E-state index is 15.7. The monoisotopic (exact) mass is 514 g/mol. The number of halogens is 3. The second-order valence-electron chi connectivity index (χ2n) is 10.3. The van der Waals surface area contributed by atoms with E-state index in [-0.39, 0.29) is 22.5 Å². The second kappa shape index (κ2) is 8.95. The Kier molecular flexibility index (Phi) is 6.19. The van der Waals surface area contributed by atoms with Crippen LogP contribution in [-0.4, -0.2) is 48.5 Å². The number of hydrogen-bond acceptors (Lipinski definition) is 4. The van der Waals surface area contributed by atoms with Crippen molar-refractivity contribution in [3.8, 4) is 0 Å². The summed E-state index contributed by atoms with van der Waals surface area (Å²) in [5.41, 5.74) is 3.81. The quantitative estimate of drug-likeness (QED) is 0.437. The molecule has 4 aliphatic rings. The third kappa shape index (κ3) is 4.21. The van der Waals surface area contributed by atoms with E-state index >= 15 is 8.39 Å². The number of fused-ring (bicyclic) bond motifs is 1. The number of nitrogens with one attached hydrogen (secondary N) is 1. The first-order chi connectivity index (χ1) is 17.0. The number of allylic oxidation sites excluding steroid dienone is 4. The summed E-state index contributed by atoms with van der Waals surface area (Å²) < 4.78 is 45.2. The van der Waals surface area contributed by atoms with Crippen molar-refractivity contribution < 1.29 is 12.8 Å². The van der Waals surface area contributed by atoms with Gasteiger partial charge in [-0.2, -0.15) is 0 Å².